The van der Waals surface area contributed by atoms with Gasteiger partial charge in [0.25, 0.3) is 0 Å². The molecule has 2 N–H and O–H groups in total. The predicted octanol–water partition coefficient (Wildman–Crippen LogP) is 1.07. The monoisotopic (exact) mass is 306 g/mol. The van der Waals surface area contributed by atoms with E-state index >= 15 is 0 Å². The lowest BCUT2D eigenvalue weighted by atomic mass is 10.3. The van der Waals surface area contributed by atoms with Crippen LogP contribution in [0.1, 0.15) is 19.0 Å². The second-order valence-corrected chi connectivity index (χ2v) is 7.50. The minimum atomic E-state index is -3.59. The van der Waals surface area contributed by atoms with Crippen molar-refractivity contribution in [2.24, 2.45) is 7.05 Å². The zero-order valence-corrected chi connectivity index (χ0v) is 13.7. The Morgan fingerprint density at radius 3 is 2.53 bits per heavy atom. The van der Waals surface area contributed by atoms with Crippen molar-refractivity contribution in [3.63, 3.8) is 0 Å². The van der Waals surface area contributed by atoms with Crippen LogP contribution in [0.4, 0.5) is 5.82 Å². The molecule has 19 heavy (non-hydrogen) atoms. The van der Waals surface area contributed by atoms with E-state index in [2.05, 4.69) is 5.10 Å². The van der Waals surface area contributed by atoms with Crippen LogP contribution in [0.3, 0.4) is 0 Å². The summed E-state index contributed by atoms with van der Waals surface area (Å²) in [5, 5.41) is 3.97. The highest BCUT2D eigenvalue weighted by Gasteiger charge is 2.31. The summed E-state index contributed by atoms with van der Waals surface area (Å²) >= 11 is 1.70. The van der Waals surface area contributed by atoms with Gasteiger partial charge in [-0.15, -0.1) is 0 Å². The molecular weight excluding hydrogens is 284 g/mol. The van der Waals surface area contributed by atoms with Gasteiger partial charge in [0.15, 0.2) is 5.82 Å². The van der Waals surface area contributed by atoms with Crippen molar-refractivity contribution in [3.8, 4) is 0 Å². The van der Waals surface area contributed by atoms with Gasteiger partial charge in [0.1, 0.15) is 4.90 Å². The number of rotatable bonds is 6. The summed E-state index contributed by atoms with van der Waals surface area (Å²) < 4.78 is 28.0. The molecule has 1 atom stereocenters. The lowest BCUT2D eigenvalue weighted by molar-refractivity contribution is 0.382. The van der Waals surface area contributed by atoms with E-state index in [1.165, 1.54) is 8.99 Å². The zero-order valence-electron chi connectivity index (χ0n) is 12.0. The minimum absolute atomic E-state index is 0.0592. The van der Waals surface area contributed by atoms with Crippen molar-refractivity contribution < 1.29 is 8.42 Å². The maximum absolute atomic E-state index is 12.6. The number of hydrogen-bond donors (Lipinski definition) is 1. The van der Waals surface area contributed by atoms with Gasteiger partial charge in [0.05, 0.1) is 5.69 Å². The van der Waals surface area contributed by atoms with Crippen LogP contribution in [0.15, 0.2) is 4.90 Å². The van der Waals surface area contributed by atoms with Crippen LogP contribution in [0.5, 0.6) is 0 Å². The minimum Gasteiger partial charge on any atom is -0.381 e. The smallest absolute Gasteiger partial charge is 0.248 e. The van der Waals surface area contributed by atoms with E-state index in [0.29, 0.717) is 5.69 Å². The number of thioether (sulfide) groups is 1. The first-order chi connectivity index (χ1) is 8.73. The number of hydrogen-bond acceptors (Lipinski definition) is 5. The van der Waals surface area contributed by atoms with E-state index in [1.54, 1.807) is 32.8 Å². The standard InChI is InChI=1S/C11H22N4O2S2/c1-8(6-7-18-5)15(4)19(16,17)10-9(2)14(3)13-11(10)12/h8H,6-7H2,1-5H3,(H2,12,13). The summed E-state index contributed by atoms with van der Waals surface area (Å²) in [4.78, 5) is 0.119. The Labute approximate surface area is 119 Å². The van der Waals surface area contributed by atoms with Gasteiger partial charge in [0.2, 0.25) is 10.0 Å². The predicted molar refractivity (Wildman–Crippen MR) is 79.8 cm³/mol. The lowest BCUT2D eigenvalue weighted by Gasteiger charge is -2.24. The molecule has 0 fully saturated rings. The summed E-state index contributed by atoms with van der Waals surface area (Å²) in [6.07, 6.45) is 2.81. The van der Waals surface area contributed by atoms with Crippen molar-refractivity contribution in [3.05, 3.63) is 5.69 Å². The third-order valence-electron chi connectivity index (χ3n) is 3.30. The average molecular weight is 306 g/mol. The normalized spacial score (nSPS) is 14.0. The molecule has 0 spiro atoms. The van der Waals surface area contributed by atoms with Crippen LogP contribution in [-0.2, 0) is 17.1 Å². The molecule has 0 bridgehead atoms. The quantitative estimate of drug-likeness (QED) is 0.850. The topological polar surface area (TPSA) is 81.2 Å². The van der Waals surface area contributed by atoms with Gasteiger partial charge in [-0.3, -0.25) is 4.68 Å². The highest BCUT2D eigenvalue weighted by Crippen LogP contribution is 2.26. The van der Waals surface area contributed by atoms with Crippen LogP contribution >= 0.6 is 11.8 Å². The average Bonchev–Trinajstić information content (AvgIpc) is 2.59. The molecule has 0 saturated heterocycles. The van der Waals surface area contributed by atoms with Crippen LogP contribution in [0.25, 0.3) is 0 Å². The molecule has 0 aliphatic rings. The molecule has 1 rings (SSSR count). The lowest BCUT2D eigenvalue weighted by Crippen LogP contribution is -2.36. The van der Waals surface area contributed by atoms with E-state index < -0.39 is 10.0 Å². The molecule has 1 heterocycles. The maximum Gasteiger partial charge on any atom is 0.248 e. The molecule has 1 unspecified atom stereocenters. The van der Waals surface area contributed by atoms with Gasteiger partial charge in [-0.05, 0) is 32.3 Å². The molecule has 1 aromatic rings. The number of nitrogen functional groups attached to an aromatic ring is 1. The number of nitrogens with zero attached hydrogens (tertiary/aromatic N) is 3. The molecule has 0 aliphatic heterocycles. The van der Waals surface area contributed by atoms with Gasteiger partial charge in [-0.1, -0.05) is 0 Å². The fraction of sp³-hybridized carbons (Fsp3) is 0.727. The van der Waals surface area contributed by atoms with E-state index in [0.717, 1.165) is 12.2 Å². The number of nitrogens with two attached hydrogens (primary N) is 1. The molecule has 8 heteroatoms. The summed E-state index contributed by atoms with van der Waals surface area (Å²) in [5.74, 6) is 0.978. The largest absolute Gasteiger partial charge is 0.381 e. The Morgan fingerprint density at radius 2 is 2.11 bits per heavy atom. The molecule has 0 saturated carbocycles. The fourth-order valence-electron chi connectivity index (χ4n) is 1.78. The van der Waals surface area contributed by atoms with Crippen molar-refractivity contribution >= 4 is 27.6 Å². The molecule has 0 aromatic carbocycles. The van der Waals surface area contributed by atoms with E-state index in [4.69, 9.17) is 5.73 Å². The number of aryl methyl sites for hydroxylation is 1. The summed E-state index contributed by atoms with van der Waals surface area (Å²) in [5.41, 5.74) is 6.28. The highest BCUT2D eigenvalue weighted by molar-refractivity contribution is 7.98. The third-order valence-corrected chi connectivity index (χ3v) is 6.08. The Hall–Kier alpha value is -0.730. The maximum atomic E-state index is 12.6. The van der Waals surface area contributed by atoms with Gasteiger partial charge >= 0.3 is 0 Å². The van der Waals surface area contributed by atoms with E-state index in [-0.39, 0.29) is 16.8 Å². The zero-order chi connectivity index (χ0) is 14.8. The molecule has 110 valence electrons. The highest BCUT2D eigenvalue weighted by atomic mass is 32.2. The van der Waals surface area contributed by atoms with Crippen molar-refractivity contribution in [2.75, 3.05) is 24.8 Å². The van der Waals surface area contributed by atoms with Crippen LogP contribution in [0, 0.1) is 6.92 Å². The van der Waals surface area contributed by atoms with Crippen molar-refractivity contribution in [1.29, 1.82) is 0 Å². The Kier molecular flexibility index (Phi) is 5.28. The molecule has 0 aliphatic carbocycles. The van der Waals surface area contributed by atoms with Crippen LogP contribution in [0.2, 0.25) is 0 Å². The van der Waals surface area contributed by atoms with Gasteiger partial charge < -0.3 is 5.73 Å². The third kappa shape index (κ3) is 3.24. The first-order valence-electron chi connectivity index (χ1n) is 5.99. The molecule has 0 amide bonds. The number of sulfonamides is 1. The van der Waals surface area contributed by atoms with Gasteiger partial charge in [0, 0.05) is 20.1 Å². The summed E-state index contributed by atoms with van der Waals surface area (Å²) in [6.45, 7) is 3.60. The van der Waals surface area contributed by atoms with Crippen LogP contribution < -0.4 is 5.73 Å². The summed E-state index contributed by atoms with van der Waals surface area (Å²) in [7, 11) is -0.322. The molecular formula is C11H22N4O2S2. The first kappa shape index (κ1) is 16.3. The second-order valence-electron chi connectivity index (χ2n) is 4.58. The van der Waals surface area contributed by atoms with Crippen molar-refractivity contribution in [2.45, 2.75) is 31.2 Å². The fourth-order valence-corrected chi connectivity index (χ4v) is 4.04. The summed E-state index contributed by atoms with van der Waals surface area (Å²) in [6, 6.07) is -0.0727. The van der Waals surface area contributed by atoms with Crippen LogP contribution in [-0.4, -0.2) is 47.6 Å². The number of anilines is 1. The first-order valence-corrected chi connectivity index (χ1v) is 8.82. The SMILES string of the molecule is CSCCC(C)N(C)S(=O)(=O)c1c(N)nn(C)c1C. The Balaban J connectivity index is 3.10. The Morgan fingerprint density at radius 1 is 1.53 bits per heavy atom. The molecule has 1 aromatic heterocycles. The number of aromatic nitrogens is 2. The molecule has 6 nitrogen and oxygen atoms in total. The van der Waals surface area contributed by atoms with E-state index in [1.807, 2.05) is 13.2 Å². The second kappa shape index (κ2) is 6.15. The van der Waals surface area contributed by atoms with Crippen molar-refractivity contribution in [1.82, 2.24) is 14.1 Å². The molecule has 0 radical (unpaired) electrons. The van der Waals surface area contributed by atoms with Gasteiger partial charge in [-0.25, -0.2) is 8.42 Å². The van der Waals surface area contributed by atoms with E-state index in [9.17, 15) is 8.42 Å². The Bertz CT molecular complexity index is 539. The van der Waals surface area contributed by atoms with Gasteiger partial charge in [-0.2, -0.15) is 21.2 Å².